The Balaban J connectivity index is 2.09. The monoisotopic (exact) mass is 223 g/mol. The van der Waals surface area contributed by atoms with Crippen LogP contribution in [0.2, 0.25) is 0 Å². The first kappa shape index (κ1) is 10.8. The summed E-state index contributed by atoms with van der Waals surface area (Å²) in [5.41, 5.74) is -0.415. The van der Waals surface area contributed by atoms with Crippen LogP contribution in [-0.4, -0.2) is 15.1 Å². The van der Waals surface area contributed by atoms with Crippen LogP contribution in [0.4, 0.5) is 0 Å². The molecule has 3 heteroatoms. The fourth-order valence-corrected chi connectivity index (χ4v) is 2.56. The minimum absolute atomic E-state index is 0.236. The van der Waals surface area contributed by atoms with Crippen LogP contribution in [0.15, 0.2) is 24.4 Å². The highest BCUT2D eigenvalue weighted by molar-refractivity contribution is 7.05. The van der Waals surface area contributed by atoms with Gasteiger partial charge in [0.2, 0.25) is 0 Å². The zero-order valence-electron chi connectivity index (χ0n) is 9.23. The first-order chi connectivity index (χ1) is 6.99. The summed E-state index contributed by atoms with van der Waals surface area (Å²) < 4.78 is 4.05. The van der Waals surface area contributed by atoms with Crippen molar-refractivity contribution in [3.8, 4) is 0 Å². The van der Waals surface area contributed by atoms with Crippen LogP contribution >= 0.6 is 11.5 Å². The topological polar surface area (TPSA) is 33.1 Å². The Morgan fingerprint density at radius 3 is 2.73 bits per heavy atom. The number of nitrogens with zero attached hydrogens (tertiary/aromatic N) is 1. The van der Waals surface area contributed by atoms with Crippen molar-refractivity contribution in [1.29, 1.82) is 0 Å². The molecule has 1 aliphatic rings. The van der Waals surface area contributed by atoms with Crippen molar-refractivity contribution in [1.82, 2.24) is 4.37 Å². The van der Waals surface area contributed by atoms with Gasteiger partial charge in [-0.25, -0.2) is 4.37 Å². The number of aliphatic hydroxyl groups is 1. The van der Waals surface area contributed by atoms with Gasteiger partial charge < -0.3 is 5.11 Å². The summed E-state index contributed by atoms with van der Waals surface area (Å²) in [4.78, 5) is 1.15. The van der Waals surface area contributed by atoms with Gasteiger partial charge in [0.1, 0.15) is 0 Å². The largest absolute Gasteiger partial charge is 0.385 e. The summed E-state index contributed by atoms with van der Waals surface area (Å²) in [6.07, 6.45) is 8.48. The third-order valence-corrected chi connectivity index (χ3v) is 3.76. The van der Waals surface area contributed by atoms with E-state index in [-0.39, 0.29) is 5.41 Å². The van der Waals surface area contributed by atoms with Crippen molar-refractivity contribution in [2.75, 3.05) is 0 Å². The molecule has 2 nitrogen and oxygen atoms in total. The average Bonchev–Trinajstić information content (AvgIpc) is 2.64. The summed E-state index contributed by atoms with van der Waals surface area (Å²) in [7, 11) is 0. The zero-order valence-corrected chi connectivity index (χ0v) is 10.0. The van der Waals surface area contributed by atoms with E-state index < -0.39 is 5.60 Å². The maximum absolute atomic E-state index is 10.4. The molecule has 15 heavy (non-hydrogen) atoms. The molecule has 0 bridgehead atoms. The van der Waals surface area contributed by atoms with Crippen LogP contribution in [-0.2, 0) is 6.42 Å². The van der Waals surface area contributed by atoms with Crippen molar-refractivity contribution in [3.63, 3.8) is 0 Å². The predicted molar refractivity (Wildman–Crippen MR) is 62.9 cm³/mol. The maximum Gasteiger partial charge on any atom is 0.0876 e. The highest BCUT2D eigenvalue weighted by Crippen LogP contribution is 2.36. The lowest BCUT2D eigenvalue weighted by atomic mass is 9.75. The molecule has 1 aromatic rings. The Kier molecular flexibility index (Phi) is 2.69. The summed E-state index contributed by atoms with van der Waals surface area (Å²) in [6.45, 7) is 4.41. The molecule has 0 fully saturated rings. The van der Waals surface area contributed by atoms with Gasteiger partial charge in [-0.1, -0.05) is 26.0 Å². The quantitative estimate of drug-likeness (QED) is 0.782. The van der Waals surface area contributed by atoms with Gasteiger partial charge in [0.15, 0.2) is 0 Å². The van der Waals surface area contributed by atoms with Gasteiger partial charge in [0, 0.05) is 17.5 Å². The molecule has 0 spiro atoms. The standard InChI is InChI=1S/C12H17NOS/c1-11(2)4-6-12(14,7-5-11)9-10-3-8-13-15-10/h3-4,6,8,14H,5,7,9H2,1-2H3. The molecule has 2 rings (SSSR count). The lowest BCUT2D eigenvalue weighted by Gasteiger charge is -2.34. The lowest BCUT2D eigenvalue weighted by molar-refractivity contribution is 0.0617. The minimum Gasteiger partial charge on any atom is -0.385 e. The molecular formula is C12H17NOS. The van der Waals surface area contributed by atoms with Gasteiger partial charge >= 0.3 is 0 Å². The molecule has 1 atom stereocenters. The number of allylic oxidation sites excluding steroid dienone is 1. The second-order valence-corrected chi connectivity index (χ2v) is 6.00. The van der Waals surface area contributed by atoms with Gasteiger partial charge in [-0.05, 0) is 35.9 Å². The normalized spacial score (nSPS) is 29.3. The van der Waals surface area contributed by atoms with E-state index in [1.54, 1.807) is 6.20 Å². The van der Waals surface area contributed by atoms with Crippen LogP contribution in [0.1, 0.15) is 31.6 Å². The number of rotatable bonds is 2. The van der Waals surface area contributed by atoms with Crippen LogP contribution in [0.3, 0.4) is 0 Å². The Morgan fingerprint density at radius 2 is 2.20 bits per heavy atom. The smallest absolute Gasteiger partial charge is 0.0876 e. The Labute approximate surface area is 94.8 Å². The van der Waals surface area contributed by atoms with E-state index >= 15 is 0 Å². The minimum atomic E-state index is -0.651. The molecule has 1 aliphatic carbocycles. The van der Waals surface area contributed by atoms with Gasteiger partial charge in [-0.2, -0.15) is 0 Å². The number of hydrogen-bond donors (Lipinski definition) is 1. The molecule has 0 saturated heterocycles. The van der Waals surface area contributed by atoms with Gasteiger partial charge in [-0.15, -0.1) is 0 Å². The predicted octanol–water partition coefficient (Wildman–Crippen LogP) is 2.79. The van der Waals surface area contributed by atoms with Crippen molar-refractivity contribution in [2.45, 2.75) is 38.7 Å². The molecule has 0 amide bonds. The molecule has 1 aromatic heterocycles. The Morgan fingerprint density at radius 1 is 1.40 bits per heavy atom. The second-order valence-electron chi connectivity index (χ2n) is 5.08. The van der Waals surface area contributed by atoms with E-state index in [0.717, 1.165) is 17.7 Å². The highest BCUT2D eigenvalue weighted by Gasteiger charge is 2.32. The van der Waals surface area contributed by atoms with Crippen LogP contribution in [0, 0.1) is 5.41 Å². The first-order valence-corrected chi connectivity index (χ1v) is 6.09. The first-order valence-electron chi connectivity index (χ1n) is 5.32. The molecule has 82 valence electrons. The highest BCUT2D eigenvalue weighted by atomic mass is 32.1. The number of hydrogen-bond acceptors (Lipinski definition) is 3. The van der Waals surface area contributed by atoms with Crippen LogP contribution in [0.25, 0.3) is 0 Å². The van der Waals surface area contributed by atoms with Gasteiger partial charge in [-0.3, -0.25) is 0 Å². The van der Waals surface area contributed by atoms with Crippen molar-refractivity contribution >= 4 is 11.5 Å². The fourth-order valence-electron chi connectivity index (χ4n) is 1.87. The summed E-state index contributed by atoms with van der Waals surface area (Å²) >= 11 is 1.47. The molecule has 0 aliphatic heterocycles. The van der Waals surface area contributed by atoms with E-state index in [1.165, 1.54) is 11.5 Å². The summed E-state index contributed by atoms with van der Waals surface area (Å²) in [5.74, 6) is 0. The van der Waals surface area contributed by atoms with Crippen LogP contribution in [0.5, 0.6) is 0 Å². The fraction of sp³-hybridized carbons (Fsp3) is 0.583. The molecule has 0 saturated carbocycles. The van der Waals surface area contributed by atoms with Crippen molar-refractivity contribution < 1.29 is 5.11 Å². The molecule has 0 radical (unpaired) electrons. The number of aromatic nitrogens is 1. The van der Waals surface area contributed by atoms with E-state index in [4.69, 9.17) is 0 Å². The third kappa shape index (κ3) is 2.67. The lowest BCUT2D eigenvalue weighted by Crippen LogP contribution is -2.34. The molecule has 0 aromatic carbocycles. The Hall–Kier alpha value is -0.670. The van der Waals surface area contributed by atoms with Crippen molar-refractivity contribution in [2.24, 2.45) is 5.41 Å². The second kappa shape index (κ2) is 3.72. The summed E-state index contributed by atoms with van der Waals surface area (Å²) in [6, 6.07) is 1.98. The van der Waals surface area contributed by atoms with E-state index in [1.807, 2.05) is 12.1 Å². The zero-order chi connectivity index (χ0) is 10.9. The van der Waals surface area contributed by atoms with E-state index in [9.17, 15) is 5.11 Å². The van der Waals surface area contributed by atoms with Gasteiger partial charge in [0.05, 0.1) is 5.60 Å². The average molecular weight is 223 g/mol. The SMILES string of the molecule is CC1(C)C=CC(O)(Cc2ccns2)CC1. The Bertz CT molecular complexity index is 356. The third-order valence-electron chi connectivity index (χ3n) is 3.02. The van der Waals surface area contributed by atoms with E-state index in [0.29, 0.717) is 6.42 Å². The van der Waals surface area contributed by atoms with Crippen LogP contribution < -0.4 is 0 Å². The van der Waals surface area contributed by atoms with Gasteiger partial charge in [0.25, 0.3) is 0 Å². The molecule has 1 heterocycles. The molecule has 1 unspecified atom stereocenters. The molecule has 1 N–H and O–H groups in total. The van der Waals surface area contributed by atoms with E-state index in [2.05, 4.69) is 24.3 Å². The van der Waals surface area contributed by atoms with Crippen molar-refractivity contribution in [3.05, 3.63) is 29.3 Å². The molecular weight excluding hydrogens is 206 g/mol. The summed E-state index contributed by atoms with van der Waals surface area (Å²) in [5, 5.41) is 10.4. The maximum atomic E-state index is 10.4.